The molecule has 0 aromatic carbocycles. The van der Waals surface area contributed by atoms with E-state index in [9.17, 15) is 9.59 Å². The first-order valence-electron chi connectivity index (χ1n) is 8.36. The van der Waals surface area contributed by atoms with Gasteiger partial charge in [0.25, 0.3) is 0 Å². The fourth-order valence-corrected chi connectivity index (χ4v) is 3.41. The fourth-order valence-electron chi connectivity index (χ4n) is 2.63. The van der Waals surface area contributed by atoms with Gasteiger partial charge in [-0.2, -0.15) is 0 Å². The highest BCUT2D eigenvalue weighted by molar-refractivity contribution is 7.09. The van der Waals surface area contributed by atoms with Crippen LogP contribution in [-0.2, 0) is 17.6 Å². The second-order valence-corrected chi connectivity index (χ2v) is 6.79. The minimum Gasteiger partial charge on any atom is -0.341 e. The zero-order valence-electron chi connectivity index (χ0n) is 13.9. The lowest BCUT2D eigenvalue weighted by atomic mass is 10.1. The molecule has 0 radical (unpaired) electrons. The molecular weight excluding hydrogens is 312 g/mol. The van der Waals surface area contributed by atoms with E-state index in [1.165, 1.54) is 6.42 Å². The zero-order valence-corrected chi connectivity index (χ0v) is 14.7. The summed E-state index contributed by atoms with van der Waals surface area (Å²) in [5.41, 5.74) is 1.00. The van der Waals surface area contributed by atoms with Crippen molar-refractivity contribution in [1.29, 1.82) is 0 Å². The van der Waals surface area contributed by atoms with Gasteiger partial charge in [-0.25, -0.2) is 9.78 Å². The quantitative estimate of drug-likeness (QED) is 0.832. The van der Waals surface area contributed by atoms with E-state index in [0.717, 1.165) is 43.1 Å². The Bertz CT molecular complexity index is 526. The van der Waals surface area contributed by atoms with E-state index in [2.05, 4.69) is 22.5 Å². The maximum Gasteiger partial charge on any atom is 0.315 e. The van der Waals surface area contributed by atoms with Crippen LogP contribution in [0.2, 0.25) is 0 Å². The lowest BCUT2D eigenvalue weighted by molar-refractivity contribution is -0.133. The molecule has 1 aliphatic rings. The van der Waals surface area contributed by atoms with Crippen molar-refractivity contribution in [2.45, 2.75) is 52.0 Å². The number of thiazole rings is 1. The third kappa shape index (κ3) is 5.49. The summed E-state index contributed by atoms with van der Waals surface area (Å²) in [4.78, 5) is 30.4. The minimum absolute atomic E-state index is 0.00642. The van der Waals surface area contributed by atoms with Crippen LogP contribution in [0.25, 0.3) is 0 Å². The van der Waals surface area contributed by atoms with Crippen LogP contribution in [0, 0.1) is 0 Å². The number of nitrogens with zero attached hydrogens (tertiary/aromatic N) is 2. The van der Waals surface area contributed by atoms with Gasteiger partial charge in [0.15, 0.2) is 0 Å². The highest BCUT2D eigenvalue weighted by Gasteiger charge is 2.23. The van der Waals surface area contributed by atoms with E-state index >= 15 is 0 Å². The molecule has 7 heteroatoms. The number of carbonyl (C=O) groups excluding carboxylic acids is 2. The Morgan fingerprint density at radius 3 is 2.74 bits per heavy atom. The number of likely N-dealkylation sites (tertiary alicyclic amines) is 1. The van der Waals surface area contributed by atoms with Gasteiger partial charge in [-0.1, -0.05) is 6.92 Å². The Morgan fingerprint density at radius 2 is 2.09 bits per heavy atom. The number of amides is 3. The molecule has 1 fully saturated rings. The summed E-state index contributed by atoms with van der Waals surface area (Å²) < 4.78 is 0. The topological polar surface area (TPSA) is 74.3 Å². The van der Waals surface area contributed by atoms with Gasteiger partial charge in [0.1, 0.15) is 6.04 Å². The molecule has 23 heavy (non-hydrogen) atoms. The molecule has 2 rings (SSSR count). The van der Waals surface area contributed by atoms with Crippen LogP contribution in [0.5, 0.6) is 0 Å². The summed E-state index contributed by atoms with van der Waals surface area (Å²) in [6.07, 6.45) is 4.94. The Labute approximate surface area is 141 Å². The van der Waals surface area contributed by atoms with Gasteiger partial charge in [-0.3, -0.25) is 4.79 Å². The van der Waals surface area contributed by atoms with Crippen molar-refractivity contribution < 1.29 is 9.59 Å². The molecule has 1 aromatic rings. The van der Waals surface area contributed by atoms with Crippen molar-refractivity contribution in [3.05, 3.63) is 16.1 Å². The molecule has 3 amide bonds. The number of nitrogens with one attached hydrogen (secondary N) is 2. The Kier molecular flexibility index (Phi) is 6.83. The molecule has 0 bridgehead atoms. The molecule has 6 nitrogen and oxygen atoms in total. The monoisotopic (exact) mass is 338 g/mol. The van der Waals surface area contributed by atoms with Crippen LogP contribution in [0.3, 0.4) is 0 Å². The first-order valence-corrected chi connectivity index (χ1v) is 9.24. The van der Waals surface area contributed by atoms with Crippen molar-refractivity contribution in [3.63, 3.8) is 0 Å². The molecule has 2 N–H and O–H groups in total. The molecule has 0 aliphatic carbocycles. The summed E-state index contributed by atoms with van der Waals surface area (Å²) in [5.74, 6) is 0.00642. The highest BCUT2D eigenvalue weighted by Crippen LogP contribution is 2.11. The number of hydrogen-bond donors (Lipinski definition) is 2. The Morgan fingerprint density at radius 1 is 1.35 bits per heavy atom. The highest BCUT2D eigenvalue weighted by atomic mass is 32.1. The molecule has 0 saturated carbocycles. The van der Waals surface area contributed by atoms with Gasteiger partial charge in [0.2, 0.25) is 5.91 Å². The van der Waals surface area contributed by atoms with E-state index in [0.29, 0.717) is 13.0 Å². The van der Waals surface area contributed by atoms with Crippen molar-refractivity contribution >= 4 is 23.3 Å². The first-order chi connectivity index (χ1) is 11.1. The van der Waals surface area contributed by atoms with Crippen LogP contribution in [0.4, 0.5) is 4.79 Å². The van der Waals surface area contributed by atoms with Crippen molar-refractivity contribution in [2.24, 2.45) is 0 Å². The predicted molar refractivity (Wildman–Crippen MR) is 91.6 cm³/mol. The van der Waals surface area contributed by atoms with Crippen molar-refractivity contribution in [1.82, 2.24) is 20.5 Å². The summed E-state index contributed by atoms with van der Waals surface area (Å²) in [6, 6.07) is -0.784. The lowest BCUT2D eigenvalue weighted by Crippen LogP contribution is -2.51. The molecule has 1 saturated heterocycles. The summed E-state index contributed by atoms with van der Waals surface area (Å²) in [5, 5.41) is 8.66. The maximum absolute atomic E-state index is 12.2. The predicted octanol–water partition coefficient (Wildman–Crippen LogP) is 1.95. The summed E-state index contributed by atoms with van der Waals surface area (Å²) in [7, 11) is 0. The van der Waals surface area contributed by atoms with Crippen LogP contribution >= 0.6 is 11.3 Å². The molecule has 128 valence electrons. The van der Waals surface area contributed by atoms with Crippen LogP contribution in [0.1, 0.15) is 43.8 Å². The average molecular weight is 338 g/mol. The number of rotatable bonds is 6. The normalized spacial score (nSPS) is 16.0. The van der Waals surface area contributed by atoms with Gasteiger partial charge in [0, 0.05) is 31.4 Å². The Balaban J connectivity index is 1.68. The van der Waals surface area contributed by atoms with E-state index in [1.54, 1.807) is 18.3 Å². The smallest absolute Gasteiger partial charge is 0.315 e. The zero-order chi connectivity index (χ0) is 16.7. The second kappa shape index (κ2) is 8.86. The largest absolute Gasteiger partial charge is 0.341 e. The van der Waals surface area contributed by atoms with E-state index in [4.69, 9.17) is 0 Å². The van der Waals surface area contributed by atoms with Crippen LogP contribution in [-0.4, -0.2) is 47.5 Å². The third-order valence-electron chi connectivity index (χ3n) is 3.95. The van der Waals surface area contributed by atoms with Crippen LogP contribution in [0.15, 0.2) is 5.38 Å². The van der Waals surface area contributed by atoms with Crippen molar-refractivity contribution in [3.8, 4) is 0 Å². The number of urea groups is 1. The number of aromatic nitrogens is 1. The standard InChI is InChI=1S/C16H26N4O2S/c1-3-14-19-13(11-23-14)7-8-17-16(22)18-12(2)15(21)20-9-5-4-6-10-20/h11-12H,3-10H2,1-2H3,(H2,17,18,22)/t12-/m0/s1. The molecule has 2 heterocycles. The minimum atomic E-state index is -0.487. The summed E-state index contributed by atoms with van der Waals surface area (Å²) >= 11 is 1.65. The average Bonchev–Trinajstić information content (AvgIpc) is 3.03. The molecule has 1 aliphatic heterocycles. The van der Waals surface area contributed by atoms with Crippen LogP contribution < -0.4 is 10.6 Å². The lowest BCUT2D eigenvalue weighted by Gasteiger charge is -2.29. The van der Waals surface area contributed by atoms with Crippen molar-refractivity contribution in [2.75, 3.05) is 19.6 Å². The fraction of sp³-hybridized carbons (Fsp3) is 0.688. The number of hydrogen-bond acceptors (Lipinski definition) is 4. The number of piperidine rings is 1. The first kappa shape index (κ1) is 17.7. The van der Waals surface area contributed by atoms with E-state index < -0.39 is 6.04 Å². The van der Waals surface area contributed by atoms with Gasteiger partial charge in [0.05, 0.1) is 10.7 Å². The van der Waals surface area contributed by atoms with Gasteiger partial charge in [-0.05, 0) is 32.6 Å². The molecule has 0 spiro atoms. The molecule has 1 aromatic heterocycles. The number of aryl methyl sites for hydroxylation is 1. The molecular formula is C16H26N4O2S. The van der Waals surface area contributed by atoms with E-state index in [1.807, 2.05) is 10.3 Å². The molecule has 1 atom stereocenters. The van der Waals surface area contributed by atoms with E-state index in [-0.39, 0.29) is 11.9 Å². The SMILES string of the molecule is CCc1nc(CCNC(=O)N[C@@H](C)C(=O)N2CCCCC2)cs1. The number of carbonyl (C=O) groups is 2. The maximum atomic E-state index is 12.2. The van der Waals surface area contributed by atoms with Gasteiger partial charge < -0.3 is 15.5 Å². The van der Waals surface area contributed by atoms with Gasteiger partial charge >= 0.3 is 6.03 Å². The summed E-state index contributed by atoms with van der Waals surface area (Å²) in [6.45, 7) is 5.94. The molecule has 0 unspecified atom stereocenters. The Hall–Kier alpha value is -1.63. The van der Waals surface area contributed by atoms with Gasteiger partial charge in [-0.15, -0.1) is 11.3 Å². The second-order valence-electron chi connectivity index (χ2n) is 5.84. The third-order valence-corrected chi connectivity index (χ3v) is 5.00.